The minimum atomic E-state index is -0.105. The normalized spacial score (nSPS) is 14.3. The van der Waals surface area contributed by atoms with E-state index in [0.717, 1.165) is 29.7 Å². The summed E-state index contributed by atoms with van der Waals surface area (Å²) in [6.45, 7) is 3.65. The lowest BCUT2D eigenvalue weighted by Crippen LogP contribution is -2.38. The van der Waals surface area contributed by atoms with Crippen LogP contribution in [0.4, 0.5) is 0 Å². The van der Waals surface area contributed by atoms with Gasteiger partial charge < -0.3 is 14.6 Å². The van der Waals surface area contributed by atoms with Crippen LogP contribution in [0.5, 0.6) is 0 Å². The maximum absolute atomic E-state index is 12.9. The molecule has 7 nitrogen and oxygen atoms in total. The second-order valence-electron chi connectivity index (χ2n) is 8.92. The molecule has 3 aromatic heterocycles. The molecule has 1 N–H and O–H groups in total. The lowest BCUT2D eigenvalue weighted by molar-refractivity contribution is 0.0712. The van der Waals surface area contributed by atoms with Crippen LogP contribution in [0.3, 0.4) is 0 Å². The largest absolute Gasteiger partial charge is 0.348 e. The van der Waals surface area contributed by atoms with Gasteiger partial charge in [-0.05, 0) is 73.2 Å². The number of amides is 2. The third kappa shape index (κ3) is 5.20. The quantitative estimate of drug-likeness (QED) is 0.416. The van der Waals surface area contributed by atoms with Crippen molar-refractivity contribution in [1.29, 1.82) is 0 Å². The number of piperidine rings is 1. The monoisotopic (exact) mass is 487 g/mol. The molecule has 0 radical (unpaired) electrons. The number of fused-ring (bicyclic) bond motifs is 1. The van der Waals surface area contributed by atoms with Crippen molar-refractivity contribution in [3.8, 4) is 0 Å². The van der Waals surface area contributed by atoms with Gasteiger partial charge in [-0.15, -0.1) is 0 Å². The number of nitrogens with zero attached hydrogens (tertiary/aromatic N) is 4. The van der Waals surface area contributed by atoms with Gasteiger partial charge in [0.25, 0.3) is 11.8 Å². The Balaban J connectivity index is 1.15. The van der Waals surface area contributed by atoms with Gasteiger partial charge in [-0.25, -0.2) is 9.97 Å². The van der Waals surface area contributed by atoms with E-state index < -0.39 is 0 Å². The highest BCUT2D eigenvalue weighted by Gasteiger charge is 2.25. The first-order chi connectivity index (χ1) is 17.0. The minimum absolute atomic E-state index is 0.00484. The van der Waals surface area contributed by atoms with Crippen LogP contribution in [-0.4, -0.2) is 44.2 Å². The second-order valence-corrected chi connectivity index (χ2v) is 9.31. The standard InChI is InChI=1S/C27H26ClN5O2/c1-18-14-23(16-24(28)31-18)27(35)33-11-7-21(8-12-33)20-2-4-22(5-3-20)26(34)30-17-19-6-10-32-13-9-29-25(32)15-19/h2-6,9-10,13-16,21H,7-8,11-12,17H2,1H3,(H,30,34). The molecule has 2 amide bonds. The third-order valence-electron chi connectivity index (χ3n) is 6.51. The Bertz CT molecular complexity index is 1350. The van der Waals surface area contributed by atoms with Crippen LogP contribution in [0.1, 0.15) is 56.3 Å². The molecule has 178 valence electrons. The molecule has 1 saturated heterocycles. The van der Waals surface area contributed by atoms with E-state index in [4.69, 9.17) is 11.6 Å². The van der Waals surface area contributed by atoms with Crippen molar-refractivity contribution in [2.75, 3.05) is 13.1 Å². The molecule has 1 aliphatic rings. The first-order valence-corrected chi connectivity index (χ1v) is 12.1. The van der Waals surface area contributed by atoms with E-state index in [9.17, 15) is 9.59 Å². The van der Waals surface area contributed by atoms with E-state index >= 15 is 0 Å². The number of carbonyl (C=O) groups excluding carboxylic acids is 2. The first kappa shape index (κ1) is 23.1. The summed E-state index contributed by atoms with van der Waals surface area (Å²) in [5, 5.41) is 3.32. The first-order valence-electron chi connectivity index (χ1n) is 11.7. The number of benzene rings is 1. The molecule has 0 saturated carbocycles. The maximum atomic E-state index is 12.9. The fraction of sp³-hybridized carbons (Fsp3) is 0.259. The number of nitrogens with one attached hydrogen (secondary N) is 1. The number of hydrogen-bond donors (Lipinski definition) is 1. The van der Waals surface area contributed by atoms with Gasteiger partial charge in [0.2, 0.25) is 0 Å². The summed E-state index contributed by atoms with van der Waals surface area (Å²) in [6.07, 6.45) is 7.33. The summed E-state index contributed by atoms with van der Waals surface area (Å²) < 4.78 is 1.93. The number of likely N-dealkylation sites (tertiary alicyclic amines) is 1. The number of carbonyl (C=O) groups is 2. The molecular formula is C27H26ClN5O2. The molecular weight excluding hydrogens is 462 g/mol. The molecule has 0 aliphatic carbocycles. The van der Waals surface area contributed by atoms with E-state index in [1.807, 2.05) is 65.0 Å². The zero-order chi connectivity index (χ0) is 24.4. The summed E-state index contributed by atoms with van der Waals surface area (Å²) in [5.74, 6) is 0.251. The zero-order valence-corrected chi connectivity index (χ0v) is 20.2. The number of imidazole rings is 1. The third-order valence-corrected chi connectivity index (χ3v) is 6.70. The van der Waals surface area contributed by atoms with Gasteiger partial charge in [0, 0.05) is 55.0 Å². The van der Waals surface area contributed by atoms with Gasteiger partial charge in [-0.2, -0.15) is 0 Å². The summed E-state index contributed by atoms with van der Waals surface area (Å²) in [7, 11) is 0. The predicted octanol–water partition coefficient (Wildman–Crippen LogP) is 4.64. The second kappa shape index (κ2) is 9.88. The molecule has 1 aliphatic heterocycles. The van der Waals surface area contributed by atoms with Crippen LogP contribution in [-0.2, 0) is 6.54 Å². The summed E-state index contributed by atoms with van der Waals surface area (Å²) in [4.78, 5) is 35.8. The van der Waals surface area contributed by atoms with Crippen LogP contribution in [0.25, 0.3) is 5.65 Å². The molecule has 1 fully saturated rings. The van der Waals surface area contributed by atoms with Crippen LogP contribution in [0.15, 0.2) is 67.1 Å². The van der Waals surface area contributed by atoms with Crippen LogP contribution < -0.4 is 5.32 Å². The lowest BCUT2D eigenvalue weighted by Gasteiger charge is -2.32. The van der Waals surface area contributed by atoms with Crippen molar-refractivity contribution in [2.45, 2.75) is 32.2 Å². The fourth-order valence-electron chi connectivity index (χ4n) is 4.60. The smallest absolute Gasteiger partial charge is 0.254 e. The molecule has 0 unspecified atom stereocenters. The topological polar surface area (TPSA) is 79.6 Å². The average molecular weight is 488 g/mol. The van der Waals surface area contributed by atoms with E-state index in [-0.39, 0.29) is 11.8 Å². The number of rotatable bonds is 5. The Morgan fingerprint density at radius 1 is 1.03 bits per heavy atom. The molecule has 8 heteroatoms. The molecule has 4 aromatic rings. The van der Waals surface area contributed by atoms with E-state index in [0.29, 0.717) is 41.8 Å². The van der Waals surface area contributed by atoms with E-state index in [1.54, 1.807) is 18.3 Å². The number of halogens is 1. The molecule has 4 heterocycles. The summed E-state index contributed by atoms with van der Waals surface area (Å²) in [5.41, 5.74) is 5.00. The van der Waals surface area contributed by atoms with Crippen molar-refractivity contribution < 1.29 is 9.59 Å². The fourth-order valence-corrected chi connectivity index (χ4v) is 4.85. The van der Waals surface area contributed by atoms with Gasteiger partial charge in [-0.3, -0.25) is 9.59 Å². The SMILES string of the molecule is Cc1cc(C(=O)N2CCC(c3ccc(C(=O)NCc4ccn5ccnc5c4)cc3)CC2)cc(Cl)n1. The number of hydrogen-bond acceptors (Lipinski definition) is 4. The summed E-state index contributed by atoms with van der Waals surface area (Å²) >= 11 is 6.03. The molecule has 35 heavy (non-hydrogen) atoms. The Morgan fingerprint density at radius 3 is 2.54 bits per heavy atom. The minimum Gasteiger partial charge on any atom is -0.348 e. The zero-order valence-electron chi connectivity index (χ0n) is 19.4. The Hall–Kier alpha value is -3.71. The molecule has 0 atom stereocenters. The highest BCUT2D eigenvalue weighted by Crippen LogP contribution is 2.29. The number of aryl methyl sites for hydroxylation is 1. The molecule has 1 aromatic carbocycles. The van der Waals surface area contributed by atoms with E-state index in [1.165, 1.54) is 5.56 Å². The average Bonchev–Trinajstić information content (AvgIpc) is 3.34. The molecule has 0 bridgehead atoms. The Labute approximate surface area is 208 Å². The van der Waals surface area contributed by atoms with Gasteiger partial charge in [0.05, 0.1) is 0 Å². The number of aromatic nitrogens is 3. The highest BCUT2D eigenvalue weighted by atomic mass is 35.5. The maximum Gasteiger partial charge on any atom is 0.254 e. The summed E-state index contributed by atoms with van der Waals surface area (Å²) in [6, 6.07) is 15.1. The predicted molar refractivity (Wildman–Crippen MR) is 135 cm³/mol. The Morgan fingerprint density at radius 2 is 1.80 bits per heavy atom. The van der Waals surface area contributed by atoms with Crippen molar-refractivity contribution in [3.05, 3.63) is 100 Å². The molecule has 5 rings (SSSR count). The highest BCUT2D eigenvalue weighted by molar-refractivity contribution is 6.29. The van der Waals surface area contributed by atoms with Crippen LogP contribution in [0, 0.1) is 6.92 Å². The Kier molecular flexibility index (Phi) is 6.51. The van der Waals surface area contributed by atoms with Crippen molar-refractivity contribution in [1.82, 2.24) is 24.6 Å². The number of pyridine rings is 2. The van der Waals surface area contributed by atoms with Gasteiger partial charge in [-0.1, -0.05) is 23.7 Å². The van der Waals surface area contributed by atoms with Crippen molar-refractivity contribution in [3.63, 3.8) is 0 Å². The van der Waals surface area contributed by atoms with E-state index in [2.05, 4.69) is 15.3 Å². The lowest BCUT2D eigenvalue weighted by atomic mass is 9.88. The molecule has 0 spiro atoms. The van der Waals surface area contributed by atoms with Crippen molar-refractivity contribution in [2.24, 2.45) is 0 Å². The van der Waals surface area contributed by atoms with Gasteiger partial charge in [0.15, 0.2) is 0 Å². The van der Waals surface area contributed by atoms with Crippen LogP contribution >= 0.6 is 11.6 Å². The van der Waals surface area contributed by atoms with Crippen molar-refractivity contribution >= 4 is 29.1 Å². The van der Waals surface area contributed by atoms with Gasteiger partial charge in [0.1, 0.15) is 10.8 Å². The van der Waals surface area contributed by atoms with Gasteiger partial charge >= 0.3 is 0 Å². The van der Waals surface area contributed by atoms with Crippen LogP contribution in [0.2, 0.25) is 5.15 Å².